The van der Waals surface area contributed by atoms with Crippen LogP contribution in [0, 0.1) is 0 Å². The molecule has 0 fully saturated rings. The van der Waals surface area contributed by atoms with E-state index in [2.05, 4.69) is 8.62 Å². The van der Waals surface area contributed by atoms with Gasteiger partial charge in [0.05, 0.1) is 7.82 Å². The van der Waals surface area contributed by atoms with Gasteiger partial charge >= 0.3 is 84.1 Å². The van der Waals surface area contributed by atoms with Gasteiger partial charge < -0.3 is 43.7 Å². The van der Waals surface area contributed by atoms with Gasteiger partial charge in [0.1, 0.15) is 0 Å². The number of phosphoric acid groups is 4. The first-order chi connectivity index (χ1) is 7.41. The van der Waals surface area contributed by atoms with Gasteiger partial charge in [0.2, 0.25) is 0 Å². The maximum atomic E-state index is 9.63. The fourth-order valence-electron chi connectivity index (χ4n) is 0.265. The van der Waals surface area contributed by atoms with Crippen LogP contribution in [0.4, 0.5) is 0 Å². The minimum Gasteiger partial charge on any atom is -0.790 e. The van der Waals surface area contributed by atoms with E-state index in [9.17, 15) is 32.9 Å². The summed E-state index contributed by atoms with van der Waals surface area (Å²) in [5.74, 6) is 0. The zero-order valence-electron chi connectivity index (χ0n) is 9.00. The zero-order chi connectivity index (χ0) is 15.4. The quantitative estimate of drug-likeness (QED) is 0.195. The molecule has 1 radical (unpaired) electrons. The maximum Gasteiger partial charge on any atom is 2.00 e. The van der Waals surface area contributed by atoms with Crippen molar-refractivity contribution in [2.24, 2.45) is 0 Å². The van der Waals surface area contributed by atoms with E-state index in [0.717, 1.165) is 0 Å². The van der Waals surface area contributed by atoms with E-state index in [0.29, 0.717) is 0 Å². The third-order valence-electron chi connectivity index (χ3n) is 0.416. The molecule has 0 aromatic carbocycles. The Morgan fingerprint density at radius 3 is 0.950 bits per heavy atom. The first-order valence-electron chi connectivity index (χ1n) is 3.01. The van der Waals surface area contributed by atoms with E-state index in [1.54, 1.807) is 0 Å². The Bertz CT molecular complexity index is 348. The van der Waals surface area contributed by atoms with Crippen LogP contribution in [-0.4, -0.2) is 24.5 Å². The number of rotatable bonds is 4. The van der Waals surface area contributed by atoms with Crippen molar-refractivity contribution < 1.29 is 134 Å². The predicted octanol–water partition coefficient (Wildman–Crippen LogP) is -6.52. The Morgan fingerprint density at radius 2 is 0.950 bits per heavy atom. The molecule has 0 aromatic heterocycles. The van der Waals surface area contributed by atoms with Crippen LogP contribution in [-0.2, 0) is 44.0 Å². The summed E-state index contributed by atoms with van der Waals surface area (Å²) in [5.41, 5.74) is 0. The molecule has 5 N–H and O–H groups in total. The summed E-state index contributed by atoms with van der Waals surface area (Å²) >= 11 is 0. The predicted molar refractivity (Wildman–Crippen MR) is 43.7 cm³/mol. The van der Waals surface area contributed by atoms with E-state index in [4.69, 9.17) is 24.5 Å². The van der Waals surface area contributed by atoms with Crippen molar-refractivity contribution in [2.75, 3.05) is 0 Å². The molecule has 0 bridgehead atoms. The van der Waals surface area contributed by atoms with Gasteiger partial charge in [0, 0.05) is 0 Å². The van der Waals surface area contributed by atoms with Crippen LogP contribution < -0.4 is 66.1 Å². The van der Waals surface area contributed by atoms with Crippen molar-refractivity contribution in [1.82, 2.24) is 0 Å². The summed E-state index contributed by atoms with van der Waals surface area (Å²) in [6.07, 6.45) is 0. The largest absolute Gasteiger partial charge is 2.00 e. The van der Waals surface area contributed by atoms with Crippen molar-refractivity contribution in [3.05, 3.63) is 0 Å². The fourth-order valence-corrected chi connectivity index (χ4v) is 2.38. The first-order valence-corrected chi connectivity index (χ1v) is 9.02. The van der Waals surface area contributed by atoms with E-state index >= 15 is 0 Å². The van der Waals surface area contributed by atoms with Crippen LogP contribution >= 0.6 is 31.3 Å². The normalized spacial score (nSPS) is 14.8. The van der Waals surface area contributed by atoms with Crippen LogP contribution in [0.25, 0.3) is 0 Å². The van der Waals surface area contributed by atoms with Gasteiger partial charge in [-0.25, -0.2) is 9.13 Å². The molecule has 14 nitrogen and oxygen atoms in total. The van der Waals surface area contributed by atoms with Crippen molar-refractivity contribution in [3.8, 4) is 0 Å². The van der Waals surface area contributed by atoms with Crippen LogP contribution in [0.5, 0.6) is 0 Å². The van der Waals surface area contributed by atoms with E-state index in [1.165, 1.54) is 0 Å². The summed E-state index contributed by atoms with van der Waals surface area (Å²) in [7, 11) is -21.1. The zero-order valence-corrected chi connectivity index (χ0v) is 16.6. The maximum absolute atomic E-state index is 9.63. The second-order valence-corrected chi connectivity index (χ2v) is 7.16. The molecular weight excluding hydrogens is 451 g/mol. The molecule has 0 aromatic rings. The summed E-state index contributed by atoms with van der Waals surface area (Å²) in [5, 5.41) is 0. The van der Waals surface area contributed by atoms with Crippen LogP contribution in [0.3, 0.4) is 0 Å². The SMILES string of the molecule is O=P(O)(O)OP(=O)(O)O.O=P([O-])([O-])OP(=O)([O-])O.[Cu+2].[K+]. The Kier molecular flexibility index (Phi) is 17.2. The number of hydrogen-bond acceptors (Lipinski definition) is 9. The summed E-state index contributed by atoms with van der Waals surface area (Å²) < 4.78 is 43.6. The van der Waals surface area contributed by atoms with E-state index in [-0.39, 0.29) is 68.5 Å². The van der Waals surface area contributed by atoms with Crippen LogP contribution in [0.1, 0.15) is 0 Å². The molecule has 1 unspecified atom stereocenters. The molecule has 0 aliphatic carbocycles. The molecule has 0 aliphatic rings. The molecule has 1 atom stereocenters. The Balaban J connectivity index is -0.000000116. The number of hydrogen-bond donors (Lipinski definition) is 5. The van der Waals surface area contributed by atoms with Gasteiger partial charge in [0.25, 0.3) is 7.82 Å². The second kappa shape index (κ2) is 11.3. The minimum absolute atomic E-state index is 0. The van der Waals surface area contributed by atoms with Crippen LogP contribution in [0.2, 0.25) is 0 Å². The molecule has 20 heavy (non-hydrogen) atoms. The van der Waals surface area contributed by atoms with E-state index < -0.39 is 31.3 Å². The van der Waals surface area contributed by atoms with Crippen molar-refractivity contribution in [3.63, 3.8) is 0 Å². The average Bonchev–Trinajstić information content (AvgIpc) is 1.64. The Hall–Kier alpha value is 2.68. The molecule has 121 valence electrons. The standard InChI is InChI=1S/Cu.K.2H4O7P2/c;;2*1-8(2,3)7-9(4,5)6/h;;2*(H2,1,2,3)(H2,4,5,6)/q+2;+1;;/p-3. The van der Waals surface area contributed by atoms with Gasteiger partial charge in [-0.05, 0) is 0 Å². The molecule has 20 heteroatoms. The molecule has 0 saturated carbocycles. The van der Waals surface area contributed by atoms with Crippen LogP contribution in [0.15, 0.2) is 0 Å². The van der Waals surface area contributed by atoms with Crippen molar-refractivity contribution in [2.45, 2.75) is 0 Å². The summed E-state index contributed by atoms with van der Waals surface area (Å²) in [6, 6.07) is 0. The molecule has 0 rings (SSSR count). The molecule has 0 saturated heterocycles. The molecule has 0 spiro atoms. The smallest absolute Gasteiger partial charge is 0.790 e. The topological polar surface area (TPSA) is 257 Å². The molecular formula is H5CuKO14P4. The van der Waals surface area contributed by atoms with Gasteiger partial charge in [0.15, 0.2) is 0 Å². The Morgan fingerprint density at radius 1 is 0.700 bits per heavy atom. The molecule has 0 amide bonds. The Labute approximate surface area is 164 Å². The monoisotopic (exact) mass is 455 g/mol. The van der Waals surface area contributed by atoms with Gasteiger partial charge in [-0.15, -0.1) is 0 Å². The van der Waals surface area contributed by atoms with Crippen molar-refractivity contribution in [1.29, 1.82) is 0 Å². The van der Waals surface area contributed by atoms with Gasteiger partial charge in [-0.3, -0.25) is 8.88 Å². The fraction of sp³-hybridized carbons (Fsp3) is 0. The average molecular weight is 456 g/mol. The van der Waals surface area contributed by atoms with E-state index in [1.807, 2.05) is 0 Å². The van der Waals surface area contributed by atoms with Crippen molar-refractivity contribution >= 4 is 31.3 Å². The third kappa shape index (κ3) is 37.2. The first kappa shape index (κ1) is 30.5. The third-order valence-corrected chi connectivity index (χ3v) is 3.74. The minimum atomic E-state index is -5.61. The summed E-state index contributed by atoms with van der Waals surface area (Å²) in [6.45, 7) is 0. The second-order valence-electron chi connectivity index (χ2n) is 2.06. The molecule has 0 aliphatic heterocycles. The van der Waals surface area contributed by atoms with Gasteiger partial charge in [-0.1, -0.05) is 0 Å². The van der Waals surface area contributed by atoms with Gasteiger partial charge in [-0.2, -0.15) is 4.31 Å². The summed E-state index contributed by atoms with van der Waals surface area (Å²) in [4.78, 5) is 66.7. The molecule has 0 heterocycles.